The number of fused-ring (bicyclic) bond motifs is 1. The Morgan fingerprint density at radius 1 is 1.03 bits per heavy atom. The second-order valence-electron chi connectivity index (χ2n) is 7.11. The van der Waals surface area contributed by atoms with Gasteiger partial charge in [-0.25, -0.2) is 0 Å². The number of hydrogen-bond acceptors (Lipinski definition) is 3. The standard InChI is InChI=1S/C23H30N4O2.HI/c1-24-23(26-15-13-18-8-5-6-11-21(18)29-2)25-14-7-12-22(28)27-16-19-9-3-4-10-20(19)17-27;/h3-6,8-11H,7,12-17H2,1-2H3,(H2,24,25,26);1H. The first kappa shape index (κ1) is 24.0. The fourth-order valence-corrected chi connectivity index (χ4v) is 3.56. The van der Waals surface area contributed by atoms with Crippen LogP contribution in [0.2, 0.25) is 0 Å². The molecule has 1 heterocycles. The van der Waals surface area contributed by atoms with Crippen molar-refractivity contribution in [2.45, 2.75) is 32.4 Å². The van der Waals surface area contributed by atoms with E-state index in [9.17, 15) is 4.79 Å². The summed E-state index contributed by atoms with van der Waals surface area (Å²) in [4.78, 5) is 18.6. The van der Waals surface area contributed by atoms with Crippen molar-refractivity contribution in [2.75, 3.05) is 27.2 Å². The van der Waals surface area contributed by atoms with Gasteiger partial charge < -0.3 is 20.3 Å². The number of carbonyl (C=O) groups is 1. The van der Waals surface area contributed by atoms with Crippen molar-refractivity contribution in [1.29, 1.82) is 0 Å². The molecule has 1 amide bonds. The molecule has 2 N–H and O–H groups in total. The molecule has 30 heavy (non-hydrogen) atoms. The van der Waals surface area contributed by atoms with Gasteiger partial charge in [0, 0.05) is 39.6 Å². The van der Waals surface area contributed by atoms with Crippen molar-refractivity contribution in [3.05, 3.63) is 65.2 Å². The van der Waals surface area contributed by atoms with Crippen LogP contribution >= 0.6 is 24.0 Å². The smallest absolute Gasteiger partial charge is 0.223 e. The predicted molar refractivity (Wildman–Crippen MR) is 131 cm³/mol. The summed E-state index contributed by atoms with van der Waals surface area (Å²) < 4.78 is 5.38. The molecule has 0 bridgehead atoms. The monoisotopic (exact) mass is 522 g/mol. The van der Waals surface area contributed by atoms with Crippen molar-refractivity contribution in [3.8, 4) is 5.75 Å². The molecule has 162 valence electrons. The van der Waals surface area contributed by atoms with E-state index in [4.69, 9.17) is 4.74 Å². The zero-order chi connectivity index (χ0) is 20.5. The average Bonchev–Trinajstić information content (AvgIpc) is 3.20. The molecular weight excluding hydrogens is 491 g/mol. The molecule has 2 aromatic rings. The number of nitrogens with zero attached hydrogens (tertiary/aromatic N) is 2. The first-order chi connectivity index (χ1) is 14.2. The third-order valence-corrected chi connectivity index (χ3v) is 5.16. The summed E-state index contributed by atoms with van der Waals surface area (Å²) in [5.41, 5.74) is 3.69. The first-order valence-electron chi connectivity index (χ1n) is 10.1. The number of hydrogen-bond donors (Lipinski definition) is 2. The third kappa shape index (κ3) is 6.62. The Labute approximate surface area is 196 Å². The second kappa shape index (κ2) is 12.4. The molecule has 0 saturated heterocycles. The van der Waals surface area contributed by atoms with Crippen LogP contribution in [0.3, 0.4) is 0 Å². The van der Waals surface area contributed by atoms with E-state index in [0.29, 0.717) is 13.0 Å². The molecule has 0 spiro atoms. The predicted octanol–water partition coefficient (Wildman–Crippen LogP) is 3.34. The molecule has 0 fully saturated rings. The summed E-state index contributed by atoms with van der Waals surface area (Å²) in [5, 5.41) is 6.60. The Morgan fingerprint density at radius 2 is 1.67 bits per heavy atom. The minimum atomic E-state index is 0. The van der Waals surface area contributed by atoms with E-state index in [1.807, 2.05) is 35.2 Å². The molecule has 1 aliphatic rings. The van der Waals surface area contributed by atoms with E-state index in [-0.39, 0.29) is 29.9 Å². The normalized spacial score (nSPS) is 12.7. The van der Waals surface area contributed by atoms with E-state index in [2.05, 4.69) is 33.8 Å². The van der Waals surface area contributed by atoms with Gasteiger partial charge in [0.25, 0.3) is 0 Å². The van der Waals surface area contributed by atoms with Crippen molar-refractivity contribution in [3.63, 3.8) is 0 Å². The second-order valence-corrected chi connectivity index (χ2v) is 7.11. The Hall–Kier alpha value is -2.29. The molecular formula is C23H31IN4O2. The van der Waals surface area contributed by atoms with Gasteiger partial charge in [0.05, 0.1) is 7.11 Å². The van der Waals surface area contributed by atoms with Crippen LogP contribution in [-0.2, 0) is 24.3 Å². The molecule has 0 aromatic heterocycles. The van der Waals surface area contributed by atoms with Crippen LogP contribution in [0.1, 0.15) is 29.5 Å². The largest absolute Gasteiger partial charge is 0.496 e. The van der Waals surface area contributed by atoms with Gasteiger partial charge in [-0.1, -0.05) is 42.5 Å². The number of aliphatic imine (C=N–C) groups is 1. The number of rotatable bonds is 8. The van der Waals surface area contributed by atoms with Crippen LogP contribution in [0.25, 0.3) is 0 Å². The van der Waals surface area contributed by atoms with Gasteiger partial charge in [0.15, 0.2) is 5.96 Å². The number of guanidine groups is 1. The fraction of sp³-hybridized carbons (Fsp3) is 0.391. The average molecular weight is 522 g/mol. The maximum Gasteiger partial charge on any atom is 0.223 e. The molecule has 2 aromatic carbocycles. The van der Waals surface area contributed by atoms with Crippen LogP contribution in [0, 0.1) is 0 Å². The maximum absolute atomic E-state index is 12.5. The number of amides is 1. The van der Waals surface area contributed by atoms with Gasteiger partial charge in [0.1, 0.15) is 5.75 Å². The Morgan fingerprint density at radius 3 is 2.33 bits per heavy atom. The number of halogens is 1. The van der Waals surface area contributed by atoms with Gasteiger partial charge in [-0.2, -0.15) is 0 Å². The van der Waals surface area contributed by atoms with Gasteiger partial charge >= 0.3 is 0 Å². The van der Waals surface area contributed by atoms with Gasteiger partial charge in [-0.05, 0) is 35.6 Å². The highest BCUT2D eigenvalue weighted by Crippen LogP contribution is 2.22. The van der Waals surface area contributed by atoms with E-state index < -0.39 is 0 Å². The lowest BCUT2D eigenvalue weighted by Crippen LogP contribution is -2.39. The van der Waals surface area contributed by atoms with E-state index in [0.717, 1.165) is 49.7 Å². The molecule has 3 rings (SSSR count). The van der Waals surface area contributed by atoms with Crippen molar-refractivity contribution in [1.82, 2.24) is 15.5 Å². The SMILES string of the molecule is CN=C(NCCCC(=O)N1Cc2ccccc2C1)NCCc1ccccc1OC.I. The molecule has 7 heteroatoms. The fourth-order valence-electron chi connectivity index (χ4n) is 3.56. The minimum absolute atomic E-state index is 0. The van der Waals surface area contributed by atoms with Crippen molar-refractivity contribution >= 4 is 35.8 Å². The minimum Gasteiger partial charge on any atom is -0.496 e. The van der Waals surface area contributed by atoms with Gasteiger partial charge in [-0.3, -0.25) is 9.79 Å². The quantitative estimate of drug-likeness (QED) is 0.242. The van der Waals surface area contributed by atoms with Gasteiger partial charge in [-0.15, -0.1) is 24.0 Å². The number of ether oxygens (including phenoxy) is 1. The molecule has 6 nitrogen and oxygen atoms in total. The van der Waals surface area contributed by atoms with Crippen LogP contribution in [-0.4, -0.2) is 44.0 Å². The number of benzene rings is 2. The highest BCUT2D eigenvalue weighted by Gasteiger charge is 2.22. The zero-order valence-electron chi connectivity index (χ0n) is 17.7. The molecule has 0 unspecified atom stereocenters. The summed E-state index contributed by atoms with van der Waals surface area (Å²) in [6.45, 7) is 2.93. The molecule has 0 saturated carbocycles. The number of carbonyl (C=O) groups excluding carboxylic acids is 1. The molecule has 0 aliphatic carbocycles. The van der Waals surface area contributed by atoms with Crippen molar-refractivity contribution < 1.29 is 9.53 Å². The van der Waals surface area contributed by atoms with Crippen LogP contribution in [0.15, 0.2) is 53.5 Å². The van der Waals surface area contributed by atoms with Gasteiger partial charge in [0.2, 0.25) is 5.91 Å². The highest BCUT2D eigenvalue weighted by atomic mass is 127. The summed E-state index contributed by atoms with van der Waals surface area (Å²) >= 11 is 0. The van der Waals surface area contributed by atoms with Crippen LogP contribution in [0.5, 0.6) is 5.75 Å². The summed E-state index contributed by atoms with van der Waals surface area (Å²) in [7, 11) is 3.44. The number of para-hydroxylation sites is 1. The van der Waals surface area contributed by atoms with E-state index >= 15 is 0 Å². The lowest BCUT2D eigenvalue weighted by atomic mass is 10.1. The third-order valence-electron chi connectivity index (χ3n) is 5.16. The molecule has 0 radical (unpaired) electrons. The van der Waals surface area contributed by atoms with Crippen molar-refractivity contribution in [2.24, 2.45) is 4.99 Å². The first-order valence-corrected chi connectivity index (χ1v) is 10.1. The maximum atomic E-state index is 12.5. The zero-order valence-corrected chi connectivity index (χ0v) is 20.0. The van der Waals surface area contributed by atoms with E-state index in [1.165, 1.54) is 11.1 Å². The highest BCUT2D eigenvalue weighted by molar-refractivity contribution is 14.0. The van der Waals surface area contributed by atoms with Crippen LogP contribution < -0.4 is 15.4 Å². The number of methoxy groups -OCH3 is 1. The lowest BCUT2D eigenvalue weighted by molar-refractivity contribution is -0.131. The summed E-state index contributed by atoms with van der Waals surface area (Å²) in [5.74, 6) is 1.86. The van der Waals surface area contributed by atoms with Crippen LogP contribution in [0.4, 0.5) is 0 Å². The summed E-state index contributed by atoms with van der Waals surface area (Å²) in [6.07, 6.45) is 2.16. The topological polar surface area (TPSA) is 66.0 Å². The Kier molecular flexibility index (Phi) is 9.93. The van der Waals surface area contributed by atoms with E-state index in [1.54, 1.807) is 14.2 Å². The Bertz CT molecular complexity index is 832. The Balaban J connectivity index is 0.00000320. The summed E-state index contributed by atoms with van der Waals surface area (Å²) in [6, 6.07) is 16.3. The molecule has 0 atom stereocenters. The molecule has 1 aliphatic heterocycles. The number of nitrogens with one attached hydrogen (secondary N) is 2. The lowest BCUT2D eigenvalue weighted by Gasteiger charge is -2.16.